The number of halogens is 6. The molecule has 6 nitrogen and oxygen atoms in total. The van der Waals surface area contributed by atoms with Gasteiger partial charge in [-0.15, -0.1) is 24.5 Å². The van der Waals surface area contributed by atoms with E-state index in [9.17, 15) is 31.1 Å². The Hall–Kier alpha value is -3.87. The van der Waals surface area contributed by atoms with Crippen LogP contribution in [0.2, 0.25) is 0 Å². The van der Waals surface area contributed by atoms with Gasteiger partial charge in [-0.3, -0.25) is 4.79 Å². The van der Waals surface area contributed by atoms with Crippen LogP contribution in [-0.4, -0.2) is 35.2 Å². The molecule has 1 unspecified atom stereocenters. The summed E-state index contributed by atoms with van der Waals surface area (Å²) in [5.74, 6) is -0.535. The normalized spacial score (nSPS) is 12.8. The molecule has 2 aromatic carbocycles. The maximum atomic E-state index is 13.3. The summed E-state index contributed by atoms with van der Waals surface area (Å²) in [5, 5.41) is 3.60. The van der Waals surface area contributed by atoms with E-state index < -0.39 is 24.0 Å². The fourth-order valence-corrected chi connectivity index (χ4v) is 5.25. The van der Waals surface area contributed by atoms with E-state index in [0.717, 1.165) is 18.6 Å². The second kappa shape index (κ2) is 12.3. The number of nitrogens with one attached hydrogen (secondary N) is 1. The van der Waals surface area contributed by atoms with Gasteiger partial charge in [-0.25, -0.2) is 9.97 Å². The van der Waals surface area contributed by atoms with E-state index in [0.29, 0.717) is 51.8 Å². The molecule has 1 atom stereocenters. The summed E-state index contributed by atoms with van der Waals surface area (Å²) in [4.78, 5) is 24.6. The molecule has 0 aliphatic heterocycles. The summed E-state index contributed by atoms with van der Waals surface area (Å²) in [6.45, 7) is 4.65. The van der Waals surface area contributed by atoms with Crippen molar-refractivity contribution in [2.75, 3.05) is 23.3 Å². The topological polar surface area (TPSA) is 67.4 Å². The van der Waals surface area contributed by atoms with Crippen LogP contribution in [0.1, 0.15) is 41.9 Å². The molecule has 1 N–H and O–H groups in total. The van der Waals surface area contributed by atoms with Crippen molar-refractivity contribution in [3.05, 3.63) is 71.4 Å². The first-order chi connectivity index (χ1) is 19.3. The number of nitrogens with zero attached hydrogens (tertiary/aromatic N) is 3. The van der Waals surface area contributed by atoms with E-state index in [1.807, 2.05) is 11.8 Å². The van der Waals surface area contributed by atoms with Crippen LogP contribution >= 0.6 is 11.3 Å². The summed E-state index contributed by atoms with van der Waals surface area (Å²) in [6, 6.07) is 12.0. The molecule has 4 rings (SSSR count). The highest BCUT2D eigenvalue weighted by molar-refractivity contribution is 7.20. The van der Waals surface area contributed by atoms with E-state index >= 15 is 0 Å². The minimum atomic E-state index is -4.79. The first kappa shape index (κ1) is 30.1. The SMILES string of the molecule is CCCN(CCC(C)C(=O)c1cc2c(Nc3ccc(OC(F)(F)F)cc3)ncnc2s1)c1cccc(C(F)(F)F)c1. The Morgan fingerprint density at radius 2 is 1.76 bits per heavy atom. The molecule has 0 saturated carbocycles. The number of carbonyl (C=O) groups is 1. The van der Waals surface area contributed by atoms with Crippen molar-refractivity contribution in [1.82, 2.24) is 9.97 Å². The number of thiophene rings is 1. The van der Waals surface area contributed by atoms with Gasteiger partial charge in [-0.05, 0) is 61.4 Å². The smallest absolute Gasteiger partial charge is 0.406 e. The first-order valence-electron chi connectivity index (χ1n) is 12.7. The predicted molar refractivity (Wildman–Crippen MR) is 146 cm³/mol. The van der Waals surface area contributed by atoms with Crippen LogP contribution < -0.4 is 15.0 Å². The second-order valence-corrected chi connectivity index (χ2v) is 10.4. The van der Waals surface area contributed by atoms with Crippen molar-refractivity contribution in [1.29, 1.82) is 0 Å². The summed E-state index contributed by atoms with van der Waals surface area (Å²) in [6.07, 6.45) is -6.78. The van der Waals surface area contributed by atoms with Crippen molar-refractivity contribution in [3.63, 3.8) is 0 Å². The Kier molecular flexibility index (Phi) is 9.05. The lowest BCUT2D eigenvalue weighted by Crippen LogP contribution is -2.28. The van der Waals surface area contributed by atoms with Gasteiger partial charge in [0.2, 0.25) is 0 Å². The number of alkyl halides is 6. The fraction of sp³-hybridized carbons (Fsp3) is 0.321. The third kappa shape index (κ3) is 7.87. The average Bonchev–Trinajstić information content (AvgIpc) is 3.36. The highest BCUT2D eigenvalue weighted by atomic mass is 32.1. The Bertz CT molecular complexity index is 1490. The van der Waals surface area contributed by atoms with Crippen LogP contribution in [0.15, 0.2) is 60.9 Å². The van der Waals surface area contributed by atoms with Crippen LogP contribution in [-0.2, 0) is 6.18 Å². The van der Waals surface area contributed by atoms with Gasteiger partial charge < -0.3 is 15.0 Å². The van der Waals surface area contributed by atoms with Gasteiger partial charge in [-0.1, -0.05) is 19.9 Å². The Morgan fingerprint density at radius 3 is 2.41 bits per heavy atom. The third-order valence-electron chi connectivity index (χ3n) is 6.23. The van der Waals surface area contributed by atoms with Crippen LogP contribution in [0.25, 0.3) is 10.2 Å². The molecule has 0 fully saturated rings. The molecule has 2 heterocycles. The van der Waals surface area contributed by atoms with Gasteiger partial charge in [0, 0.05) is 30.4 Å². The van der Waals surface area contributed by atoms with Crippen molar-refractivity contribution >= 4 is 44.5 Å². The number of rotatable bonds is 11. The van der Waals surface area contributed by atoms with Gasteiger partial charge >= 0.3 is 12.5 Å². The lowest BCUT2D eigenvalue weighted by molar-refractivity contribution is -0.274. The summed E-state index contributed by atoms with van der Waals surface area (Å²) >= 11 is 1.19. The summed E-state index contributed by atoms with van der Waals surface area (Å²) in [5.41, 5.74) is 0.186. The zero-order valence-corrected chi connectivity index (χ0v) is 22.8. The highest BCUT2D eigenvalue weighted by Crippen LogP contribution is 2.34. The van der Waals surface area contributed by atoms with Crippen molar-refractivity contribution in [2.24, 2.45) is 5.92 Å². The number of hydrogen-bond donors (Lipinski definition) is 1. The van der Waals surface area contributed by atoms with Gasteiger partial charge in [0.05, 0.1) is 15.8 Å². The third-order valence-corrected chi connectivity index (χ3v) is 7.29. The molecule has 2 aromatic heterocycles. The zero-order chi connectivity index (χ0) is 29.8. The van der Waals surface area contributed by atoms with Gasteiger partial charge in [0.1, 0.15) is 22.7 Å². The Labute approximate surface area is 236 Å². The zero-order valence-electron chi connectivity index (χ0n) is 22.0. The quantitative estimate of drug-likeness (QED) is 0.138. The molecule has 218 valence electrons. The molecule has 13 heteroatoms. The van der Waals surface area contributed by atoms with Crippen molar-refractivity contribution in [3.8, 4) is 5.75 Å². The molecule has 0 aliphatic carbocycles. The number of benzene rings is 2. The van der Waals surface area contributed by atoms with Gasteiger partial charge in [0.25, 0.3) is 0 Å². The number of carbonyl (C=O) groups excluding carboxylic acids is 1. The van der Waals surface area contributed by atoms with E-state index in [4.69, 9.17) is 0 Å². The molecule has 0 radical (unpaired) electrons. The highest BCUT2D eigenvalue weighted by Gasteiger charge is 2.32. The van der Waals surface area contributed by atoms with Crippen LogP contribution in [0.4, 0.5) is 43.5 Å². The van der Waals surface area contributed by atoms with Crippen molar-refractivity contribution in [2.45, 2.75) is 39.2 Å². The van der Waals surface area contributed by atoms with Crippen LogP contribution in [0.3, 0.4) is 0 Å². The summed E-state index contributed by atoms with van der Waals surface area (Å²) in [7, 11) is 0. The molecule has 0 aliphatic rings. The van der Waals surface area contributed by atoms with Gasteiger partial charge in [-0.2, -0.15) is 13.2 Å². The Balaban J connectivity index is 1.46. The number of ether oxygens (including phenoxy) is 1. The number of aromatic nitrogens is 2. The number of fused-ring (bicyclic) bond motifs is 1. The number of hydrogen-bond acceptors (Lipinski definition) is 7. The standard InChI is InChI=1S/C28H26F6N4O2S/c1-3-12-38(20-6-4-5-18(14-20)27(29,30)31)13-11-17(2)24(39)23-15-22-25(35-16-36-26(22)41-23)37-19-7-9-21(10-8-19)40-28(32,33)34/h4-10,14-17H,3,11-13H2,1-2H3,(H,35,36,37). The lowest BCUT2D eigenvalue weighted by atomic mass is 10.0. The second-order valence-electron chi connectivity index (χ2n) is 9.34. The predicted octanol–water partition coefficient (Wildman–Crippen LogP) is 8.48. The maximum absolute atomic E-state index is 13.3. The molecule has 0 saturated heterocycles. The maximum Gasteiger partial charge on any atom is 0.573 e. The van der Waals surface area contributed by atoms with E-state index in [-0.39, 0.29) is 11.5 Å². The molecule has 0 amide bonds. The Morgan fingerprint density at radius 1 is 1.02 bits per heavy atom. The number of Topliss-reactive ketones (excluding diaryl/α,β-unsaturated/α-hetero) is 1. The van der Waals surface area contributed by atoms with E-state index in [1.54, 1.807) is 19.1 Å². The van der Waals surface area contributed by atoms with E-state index in [1.165, 1.54) is 48.0 Å². The molecule has 41 heavy (non-hydrogen) atoms. The monoisotopic (exact) mass is 596 g/mol. The fourth-order valence-electron chi connectivity index (χ4n) is 4.20. The lowest BCUT2D eigenvalue weighted by Gasteiger charge is -2.26. The number of anilines is 3. The molecule has 4 aromatic rings. The largest absolute Gasteiger partial charge is 0.573 e. The molecular weight excluding hydrogens is 570 g/mol. The van der Waals surface area contributed by atoms with Gasteiger partial charge in [0.15, 0.2) is 5.78 Å². The molecular formula is C28H26F6N4O2S. The number of ketones is 1. The minimum absolute atomic E-state index is 0.131. The van der Waals surface area contributed by atoms with Crippen molar-refractivity contribution < 1.29 is 35.9 Å². The summed E-state index contributed by atoms with van der Waals surface area (Å²) < 4.78 is 80.8. The molecule has 0 spiro atoms. The first-order valence-corrected chi connectivity index (χ1v) is 13.5. The van der Waals surface area contributed by atoms with Crippen LogP contribution in [0, 0.1) is 5.92 Å². The molecule has 0 bridgehead atoms. The van der Waals surface area contributed by atoms with E-state index in [2.05, 4.69) is 20.0 Å². The minimum Gasteiger partial charge on any atom is -0.406 e. The van der Waals surface area contributed by atoms with Crippen LogP contribution in [0.5, 0.6) is 5.75 Å². The average molecular weight is 597 g/mol.